The van der Waals surface area contributed by atoms with Gasteiger partial charge in [-0.3, -0.25) is 10.1 Å². The van der Waals surface area contributed by atoms with E-state index in [-0.39, 0.29) is 16.9 Å². The van der Waals surface area contributed by atoms with Gasteiger partial charge < -0.3 is 15.0 Å². The summed E-state index contributed by atoms with van der Waals surface area (Å²) < 4.78 is 37.4. The third-order valence-corrected chi connectivity index (χ3v) is 7.35. The van der Waals surface area contributed by atoms with Gasteiger partial charge >= 0.3 is 6.09 Å². The molecule has 0 unspecified atom stereocenters. The van der Waals surface area contributed by atoms with Gasteiger partial charge in [-0.25, -0.2) is 13.6 Å². The van der Waals surface area contributed by atoms with Crippen LogP contribution in [0.4, 0.5) is 25.0 Å². The van der Waals surface area contributed by atoms with Gasteiger partial charge in [-0.2, -0.15) is 0 Å². The highest BCUT2D eigenvalue weighted by molar-refractivity contribution is 6.36. The second kappa shape index (κ2) is 9.44. The van der Waals surface area contributed by atoms with Crippen LogP contribution in [0, 0.1) is 11.6 Å². The highest BCUT2D eigenvalue weighted by Gasteiger charge is 2.45. The number of hydrogen-bond acceptors (Lipinski definition) is 4. The van der Waals surface area contributed by atoms with Gasteiger partial charge in [0.05, 0.1) is 21.6 Å². The highest BCUT2D eigenvalue weighted by Crippen LogP contribution is 2.46. The molecule has 1 aliphatic rings. The number of aromatic nitrogens is 1. The third-order valence-electron chi connectivity index (χ3n) is 7.04. The molecule has 4 aromatic rings. The minimum Gasteiger partial charge on any atom is -0.443 e. The van der Waals surface area contributed by atoms with Gasteiger partial charge in [-0.15, -0.1) is 0 Å². The fourth-order valence-corrected chi connectivity index (χ4v) is 5.47. The predicted octanol–water partition coefficient (Wildman–Crippen LogP) is 7.89. The summed E-state index contributed by atoms with van der Waals surface area (Å²) >= 11 is 6.23. The van der Waals surface area contributed by atoms with Gasteiger partial charge in [0.1, 0.15) is 17.7 Å². The van der Waals surface area contributed by atoms with Crippen LogP contribution < -0.4 is 10.6 Å². The first-order valence-corrected chi connectivity index (χ1v) is 12.5. The van der Waals surface area contributed by atoms with Crippen LogP contribution in [0.2, 0.25) is 5.02 Å². The Bertz CT molecular complexity index is 1580. The summed E-state index contributed by atoms with van der Waals surface area (Å²) in [5.41, 5.74) is 1.33. The monoisotopic (exact) mass is 537 g/mol. The summed E-state index contributed by atoms with van der Waals surface area (Å²) in [6.45, 7) is 6.81. The number of hydrogen-bond donors (Lipinski definition) is 3. The number of nitrogens with one attached hydrogen (secondary N) is 3. The van der Waals surface area contributed by atoms with Crippen molar-refractivity contribution in [2.45, 2.75) is 45.3 Å². The number of fused-ring (bicyclic) bond motifs is 2. The van der Waals surface area contributed by atoms with Crippen LogP contribution in [0.3, 0.4) is 0 Å². The Labute approximate surface area is 223 Å². The number of ether oxygens (including phenoxy) is 1. The standard InChI is InChI=1S/C29H26ClF2N3O3/c1-14-23-22(12-21(31)24(25(23)32)19-7-5-6-18-20(30)13-33-26(18)19)35-29(3,4)27(14)38-28(37)34-17-10-8-16(9-11-17)15(2)36/h5-14,27,33,35H,1-4H3,(H,34,37)/t14-,27+/m0/s1. The lowest BCUT2D eigenvalue weighted by Crippen LogP contribution is -2.52. The molecule has 3 N–H and O–H groups in total. The van der Waals surface area contributed by atoms with Crippen LogP contribution in [-0.2, 0) is 4.74 Å². The number of para-hydroxylation sites is 1. The quantitative estimate of drug-likeness (QED) is 0.231. The fourth-order valence-electron chi connectivity index (χ4n) is 5.25. The SMILES string of the molecule is CC(=O)c1ccc(NC(=O)O[C@@H]2[C@@H](C)c3c(cc(F)c(-c4cccc5c(Cl)c[nH]c45)c3F)NC2(C)C)cc1. The van der Waals surface area contributed by atoms with E-state index < -0.39 is 35.3 Å². The number of carbonyl (C=O) groups is 2. The van der Waals surface area contributed by atoms with Crippen molar-refractivity contribution in [3.63, 3.8) is 0 Å². The highest BCUT2D eigenvalue weighted by atomic mass is 35.5. The van der Waals surface area contributed by atoms with Crippen LogP contribution in [0.25, 0.3) is 22.0 Å². The van der Waals surface area contributed by atoms with E-state index >= 15 is 8.78 Å². The molecular weight excluding hydrogens is 512 g/mol. The number of H-pyrrole nitrogens is 1. The lowest BCUT2D eigenvalue weighted by atomic mass is 9.77. The number of Topliss-reactive ketones (excluding diaryl/α,β-unsaturated/α-hetero) is 1. The summed E-state index contributed by atoms with van der Waals surface area (Å²) in [5.74, 6) is -2.16. The molecule has 38 heavy (non-hydrogen) atoms. The number of carbonyl (C=O) groups excluding carboxylic acids is 2. The van der Waals surface area contributed by atoms with E-state index in [0.717, 1.165) is 0 Å². The van der Waals surface area contributed by atoms with Gasteiger partial charge in [-0.05, 0) is 51.1 Å². The Morgan fingerprint density at radius 1 is 1.11 bits per heavy atom. The molecule has 3 aromatic carbocycles. The van der Waals surface area contributed by atoms with Gasteiger partial charge in [0.2, 0.25) is 0 Å². The van der Waals surface area contributed by atoms with E-state index in [2.05, 4.69) is 15.6 Å². The topological polar surface area (TPSA) is 83.2 Å². The van der Waals surface area contributed by atoms with E-state index in [4.69, 9.17) is 16.3 Å². The second-order valence-electron chi connectivity index (χ2n) is 10.1. The molecule has 0 fully saturated rings. The average Bonchev–Trinajstić information content (AvgIpc) is 3.23. The number of aromatic amines is 1. The molecule has 0 radical (unpaired) electrons. The molecule has 0 saturated heterocycles. The summed E-state index contributed by atoms with van der Waals surface area (Å²) in [5, 5.41) is 6.91. The summed E-state index contributed by atoms with van der Waals surface area (Å²) in [7, 11) is 0. The van der Waals surface area contributed by atoms with Crippen LogP contribution in [-0.4, -0.2) is 28.5 Å². The lowest BCUT2D eigenvalue weighted by molar-refractivity contribution is 0.0560. The molecule has 9 heteroatoms. The smallest absolute Gasteiger partial charge is 0.411 e. The summed E-state index contributed by atoms with van der Waals surface area (Å²) in [6, 6.07) is 12.8. The maximum Gasteiger partial charge on any atom is 0.411 e. The van der Waals surface area contributed by atoms with Crippen LogP contribution in [0.1, 0.15) is 49.5 Å². The molecule has 5 rings (SSSR count). The molecule has 0 bridgehead atoms. The zero-order chi connectivity index (χ0) is 27.4. The minimum absolute atomic E-state index is 0.0879. The molecule has 1 aliphatic heterocycles. The van der Waals surface area contributed by atoms with Crippen molar-refractivity contribution in [2.75, 3.05) is 10.6 Å². The fraction of sp³-hybridized carbons (Fsp3) is 0.241. The van der Waals surface area contributed by atoms with Crippen LogP contribution in [0.5, 0.6) is 0 Å². The van der Waals surface area contributed by atoms with Crippen molar-refractivity contribution in [2.24, 2.45) is 0 Å². The molecule has 0 spiro atoms. The first-order valence-electron chi connectivity index (χ1n) is 12.1. The first kappa shape index (κ1) is 25.7. The Kier molecular flexibility index (Phi) is 6.39. The van der Waals surface area contributed by atoms with Crippen molar-refractivity contribution < 1.29 is 23.1 Å². The number of benzene rings is 3. The van der Waals surface area contributed by atoms with Gasteiger partial charge in [0.25, 0.3) is 0 Å². The van der Waals surface area contributed by atoms with E-state index in [1.807, 2.05) is 0 Å². The number of ketones is 1. The zero-order valence-corrected chi connectivity index (χ0v) is 22.0. The Morgan fingerprint density at radius 2 is 1.82 bits per heavy atom. The third kappa shape index (κ3) is 4.39. The normalized spacial score (nSPS) is 18.0. The zero-order valence-electron chi connectivity index (χ0n) is 21.2. The molecule has 0 saturated carbocycles. The van der Waals surface area contributed by atoms with Crippen molar-refractivity contribution in [3.05, 3.63) is 82.5 Å². The predicted molar refractivity (Wildman–Crippen MR) is 145 cm³/mol. The van der Waals surface area contributed by atoms with Crippen LogP contribution in [0.15, 0.2) is 54.7 Å². The molecule has 2 atom stereocenters. The van der Waals surface area contributed by atoms with E-state index in [1.165, 1.54) is 13.0 Å². The summed E-state index contributed by atoms with van der Waals surface area (Å²) in [4.78, 5) is 27.3. The molecular formula is C29H26ClF2N3O3. The van der Waals surface area contributed by atoms with E-state index in [0.29, 0.717) is 38.4 Å². The van der Waals surface area contributed by atoms with Crippen molar-refractivity contribution in [3.8, 4) is 11.1 Å². The first-order chi connectivity index (χ1) is 18.0. The van der Waals surface area contributed by atoms with Gasteiger partial charge in [-0.1, -0.05) is 36.7 Å². The van der Waals surface area contributed by atoms with E-state index in [1.54, 1.807) is 69.4 Å². The Hall–Kier alpha value is -3.91. The number of amides is 1. The second-order valence-corrected chi connectivity index (χ2v) is 10.5. The number of halogens is 3. The Balaban J connectivity index is 1.49. The number of anilines is 2. The molecule has 2 heterocycles. The molecule has 1 aromatic heterocycles. The Morgan fingerprint density at radius 3 is 2.50 bits per heavy atom. The molecule has 1 amide bonds. The van der Waals surface area contributed by atoms with Crippen molar-refractivity contribution in [1.29, 1.82) is 0 Å². The molecule has 6 nitrogen and oxygen atoms in total. The molecule has 196 valence electrons. The average molecular weight is 538 g/mol. The minimum atomic E-state index is -0.838. The van der Waals surface area contributed by atoms with Gasteiger partial charge in [0, 0.05) is 45.6 Å². The van der Waals surface area contributed by atoms with Crippen molar-refractivity contribution in [1.82, 2.24) is 4.98 Å². The lowest BCUT2D eigenvalue weighted by Gasteiger charge is -2.44. The molecule has 0 aliphatic carbocycles. The van der Waals surface area contributed by atoms with Crippen molar-refractivity contribution >= 4 is 45.8 Å². The maximum absolute atomic E-state index is 16.2. The van der Waals surface area contributed by atoms with Gasteiger partial charge in [0.15, 0.2) is 5.78 Å². The maximum atomic E-state index is 16.2. The van der Waals surface area contributed by atoms with Crippen LogP contribution >= 0.6 is 11.6 Å². The largest absolute Gasteiger partial charge is 0.443 e. The van der Waals surface area contributed by atoms with E-state index in [9.17, 15) is 9.59 Å². The number of rotatable bonds is 4. The summed E-state index contributed by atoms with van der Waals surface area (Å²) in [6.07, 6.45) is 0.0478.